The quantitative estimate of drug-likeness (QED) is 0.204. The Hall–Kier alpha value is -2.43. The average molecular weight is 602 g/mol. The van der Waals surface area contributed by atoms with Gasteiger partial charge in [-0.05, 0) is 84.0 Å². The van der Waals surface area contributed by atoms with Crippen LogP contribution in [0.25, 0.3) is 26.8 Å². The highest BCUT2D eigenvalue weighted by Gasteiger charge is 2.34. The molecule has 214 valence electrons. The fourth-order valence-corrected chi connectivity index (χ4v) is 7.67. The summed E-state index contributed by atoms with van der Waals surface area (Å²) in [7, 11) is -4.17. The molecule has 1 aliphatic rings. The molecule has 3 aromatic rings. The summed E-state index contributed by atoms with van der Waals surface area (Å²) in [6.45, 7) is 7.77. The fraction of sp³-hybridized carbons (Fsp3) is 0.414. The van der Waals surface area contributed by atoms with Crippen molar-refractivity contribution >= 4 is 55.4 Å². The van der Waals surface area contributed by atoms with E-state index in [0.717, 1.165) is 59.2 Å². The van der Waals surface area contributed by atoms with Gasteiger partial charge in [0.15, 0.2) is 4.91 Å². The number of benzene rings is 2. The predicted molar refractivity (Wildman–Crippen MR) is 165 cm³/mol. The van der Waals surface area contributed by atoms with Crippen molar-refractivity contribution in [3.63, 3.8) is 0 Å². The number of hydrogen-bond acceptors (Lipinski definition) is 9. The standard InChI is InChI=1S/C29H35N3O5S3/c1-4-12-32(13-5-2)23-9-8-20-14-22(7-6-21(20)15-23)27-11-10-26(39-27)19(3)28(16-30)40(35,36)31-17-25-29(34)24(33)18-38-37-25/h6-11,14-15,24-25,29,31,33-34H,4-5,12-13,17-18H2,1-3H3/b28-19+/t24-,25-,29+/m1/s1. The summed E-state index contributed by atoms with van der Waals surface area (Å²) in [5.74, 6) is 0.197. The number of hydrogen-bond donors (Lipinski definition) is 3. The highest BCUT2D eigenvalue weighted by Crippen LogP contribution is 2.36. The Bertz CT molecular complexity index is 1510. The Morgan fingerprint density at radius 1 is 1.10 bits per heavy atom. The van der Waals surface area contributed by atoms with E-state index < -0.39 is 33.2 Å². The van der Waals surface area contributed by atoms with Gasteiger partial charge in [-0.1, -0.05) is 32.0 Å². The van der Waals surface area contributed by atoms with Crippen LogP contribution < -0.4 is 9.62 Å². The van der Waals surface area contributed by atoms with Gasteiger partial charge < -0.3 is 19.3 Å². The predicted octanol–water partition coefficient (Wildman–Crippen LogP) is 5.14. The van der Waals surface area contributed by atoms with E-state index in [1.807, 2.05) is 18.2 Å². The number of nitrogens with zero attached hydrogens (tertiary/aromatic N) is 2. The lowest BCUT2D eigenvalue weighted by molar-refractivity contribution is -0.0418. The summed E-state index contributed by atoms with van der Waals surface area (Å²) in [5.41, 5.74) is 2.58. The van der Waals surface area contributed by atoms with Gasteiger partial charge in [0.25, 0.3) is 10.0 Å². The minimum atomic E-state index is -4.17. The number of aliphatic hydroxyl groups is 2. The van der Waals surface area contributed by atoms with Crippen molar-refractivity contribution in [3.05, 3.63) is 58.3 Å². The van der Waals surface area contributed by atoms with E-state index in [0.29, 0.717) is 10.5 Å². The molecule has 1 fully saturated rings. The maximum absolute atomic E-state index is 13.0. The van der Waals surface area contributed by atoms with Gasteiger partial charge in [-0.25, -0.2) is 13.1 Å². The molecule has 2 heterocycles. The van der Waals surface area contributed by atoms with Crippen molar-refractivity contribution in [3.8, 4) is 16.5 Å². The van der Waals surface area contributed by atoms with Crippen LogP contribution >= 0.6 is 23.4 Å². The third-order valence-electron chi connectivity index (χ3n) is 6.83. The van der Waals surface area contributed by atoms with E-state index in [2.05, 4.69) is 59.9 Å². The van der Waals surface area contributed by atoms with E-state index in [4.69, 9.17) is 4.18 Å². The van der Waals surface area contributed by atoms with Gasteiger partial charge in [0.05, 0.1) is 6.10 Å². The van der Waals surface area contributed by atoms with E-state index in [1.165, 1.54) is 17.0 Å². The maximum atomic E-state index is 13.0. The second-order valence-electron chi connectivity index (χ2n) is 9.79. The first kappa shape index (κ1) is 30.5. The van der Waals surface area contributed by atoms with Crippen molar-refractivity contribution in [2.75, 3.05) is 30.3 Å². The van der Waals surface area contributed by atoms with Crippen molar-refractivity contribution in [2.24, 2.45) is 0 Å². The number of nitriles is 1. The van der Waals surface area contributed by atoms with E-state index >= 15 is 0 Å². The van der Waals surface area contributed by atoms with Gasteiger partial charge in [0.2, 0.25) is 0 Å². The molecule has 0 saturated carbocycles. The van der Waals surface area contributed by atoms with Crippen LogP contribution in [0.15, 0.2) is 53.4 Å². The second kappa shape index (κ2) is 13.5. The van der Waals surface area contributed by atoms with Crippen LogP contribution in [0, 0.1) is 11.3 Å². The van der Waals surface area contributed by atoms with Crippen LogP contribution in [0.2, 0.25) is 0 Å². The SMILES string of the molecule is CCCN(CCC)c1ccc2cc(-c3ccc(/C(C)=C(\C#N)S(=O)(=O)NC[C@H]4OSC[C@@H](O)[C@@H]4O)s3)ccc2c1. The molecule has 0 radical (unpaired) electrons. The molecular weight excluding hydrogens is 567 g/mol. The van der Waals surface area contributed by atoms with Crippen LogP contribution in [-0.2, 0) is 14.2 Å². The first-order chi connectivity index (χ1) is 19.2. The number of sulfonamides is 1. The fourth-order valence-electron chi connectivity index (χ4n) is 4.66. The zero-order valence-corrected chi connectivity index (χ0v) is 25.3. The summed E-state index contributed by atoms with van der Waals surface area (Å²) in [4.78, 5) is 3.65. The van der Waals surface area contributed by atoms with Crippen molar-refractivity contribution < 1.29 is 22.8 Å². The minimum Gasteiger partial charge on any atom is -0.389 e. The minimum absolute atomic E-state index is 0.197. The van der Waals surface area contributed by atoms with Crippen LogP contribution in [0.5, 0.6) is 0 Å². The number of allylic oxidation sites excluding steroid dienone is 2. The van der Waals surface area contributed by atoms with Crippen LogP contribution in [0.4, 0.5) is 5.69 Å². The highest BCUT2D eigenvalue weighted by atomic mass is 32.2. The molecular formula is C29H35N3O5S3. The Kier molecular flexibility index (Phi) is 10.3. The third kappa shape index (κ3) is 6.89. The number of nitrogens with one attached hydrogen (secondary N) is 1. The van der Waals surface area contributed by atoms with Crippen molar-refractivity contribution in [2.45, 2.75) is 51.9 Å². The number of thiophene rings is 1. The summed E-state index contributed by atoms with van der Waals surface area (Å²) >= 11 is 2.39. The first-order valence-electron chi connectivity index (χ1n) is 13.3. The molecule has 4 rings (SSSR count). The molecule has 0 bridgehead atoms. The van der Waals surface area contributed by atoms with Gasteiger partial charge in [-0.2, -0.15) is 5.26 Å². The maximum Gasteiger partial charge on any atom is 0.251 e. The number of rotatable bonds is 11. The Labute approximate surface area is 244 Å². The van der Waals surface area contributed by atoms with Crippen LogP contribution in [0.3, 0.4) is 0 Å². The molecule has 1 aromatic heterocycles. The molecule has 0 spiro atoms. The summed E-state index contributed by atoms with van der Waals surface area (Å²) < 4.78 is 33.7. The van der Waals surface area contributed by atoms with Crippen molar-refractivity contribution in [1.82, 2.24) is 4.72 Å². The number of anilines is 1. The van der Waals surface area contributed by atoms with E-state index in [-0.39, 0.29) is 12.3 Å². The molecule has 1 aliphatic heterocycles. The highest BCUT2D eigenvalue weighted by molar-refractivity contribution is 7.94. The molecule has 0 aliphatic carbocycles. The van der Waals surface area contributed by atoms with E-state index in [1.54, 1.807) is 6.92 Å². The van der Waals surface area contributed by atoms with Gasteiger partial charge >= 0.3 is 0 Å². The zero-order chi connectivity index (χ0) is 28.9. The van der Waals surface area contributed by atoms with Crippen LogP contribution in [-0.4, -0.2) is 62.3 Å². The average Bonchev–Trinajstić information content (AvgIpc) is 3.44. The lowest BCUT2D eigenvalue weighted by Crippen LogP contribution is -2.48. The monoisotopic (exact) mass is 601 g/mol. The van der Waals surface area contributed by atoms with E-state index in [9.17, 15) is 23.9 Å². The molecule has 8 nitrogen and oxygen atoms in total. The summed E-state index contributed by atoms with van der Waals surface area (Å²) in [5, 5.41) is 31.9. The molecule has 3 N–H and O–H groups in total. The third-order valence-corrected chi connectivity index (χ3v) is 10.4. The van der Waals surface area contributed by atoms with Gasteiger partial charge in [-0.3, -0.25) is 0 Å². The second-order valence-corrected chi connectivity index (χ2v) is 13.3. The lowest BCUT2D eigenvalue weighted by atomic mass is 10.0. The van der Waals surface area contributed by atoms with Crippen molar-refractivity contribution in [1.29, 1.82) is 5.26 Å². The molecule has 0 unspecified atom stereocenters. The summed E-state index contributed by atoms with van der Waals surface area (Å²) in [6.07, 6.45) is -0.975. The number of fused-ring (bicyclic) bond motifs is 1. The van der Waals surface area contributed by atoms with Crippen LogP contribution in [0.1, 0.15) is 38.5 Å². The molecule has 2 aromatic carbocycles. The molecule has 11 heteroatoms. The molecule has 3 atom stereocenters. The lowest BCUT2D eigenvalue weighted by Gasteiger charge is -2.30. The first-order valence-corrected chi connectivity index (χ1v) is 16.5. The molecule has 0 amide bonds. The number of aliphatic hydroxyl groups excluding tert-OH is 2. The Balaban J connectivity index is 1.55. The van der Waals surface area contributed by atoms with Gasteiger partial charge in [0.1, 0.15) is 18.3 Å². The molecule has 40 heavy (non-hydrogen) atoms. The van der Waals surface area contributed by atoms with Gasteiger partial charge in [-0.15, -0.1) is 11.3 Å². The van der Waals surface area contributed by atoms with Gasteiger partial charge in [0, 0.05) is 40.8 Å². The largest absolute Gasteiger partial charge is 0.389 e. The smallest absolute Gasteiger partial charge is 0.251 e. The Morgan fingerprint density at radius 2 is 1.80 bits per heavy atom. The normalized spacial score (nSPS) is 20.2. The zero-order valence-electron chi connectivity index (χ0n) is 22.8. The topological polar surface area (TPSA) is 123 Å². The molecule has 1 saturated heterocycles. The summed E-state index contributed by atoms with van der Waals surface area (Å²) in [6, 6.07) is 18.4. The Morgan fingerprint density at radius 3 is 2.50 bits per heavy atom.